The molecule has 0 spiro atoms. The molecule has 0 aliphatic carbocycles. The van der Waals surface area contributed by atoms with Gasteiger partial charge in [-0.05, 0) is 55.5 Å². The molecule has 0 N–H and O–H groups in total. The highest BCUT2D eigenvalue weighted by atomic mass is 32.1. The van der Waals surface area contributed by atoms with E-state index in [1.807, 2.05) is 30.3 Å². The van der Waals surface area contributed by atoms with Crippen molar-refractivity contribution in [1.29, 1.82) is 0 Å². The lowest BCUT2D eigenvalue weighted by Crippen LogP contribution is -2.40. The van der Waals surface area contributed by atoms with Crippen molar-refractivity contribution in [1.82, 2.24) is 4.57 Å². The van der Waals surface area contributed by atoms with Gasteiger partial charge in [0.2, 0.25) is 6.79 Å². The Kier molecular flexibility index (Phi) is 8.10. The highest BCUT2D eigenvalue weighted by Crippen LogP contribution is 2.40. The molecule has 1 aromatic heterocycles. The Morgan fingerprint density at radius 2 is 1.85 bits per heavy atom. The predicted molar refractivity (Wildman–Crippen MR) is 177 cm³/mol. The van der Waals surface area contributed by atoms with E-state index >= 15 is 0 Å². The van der Waals surface area contributed by atoms with Crippen molar-refractivity contribution in [2.45, 2.75) is 32.7 Å². The molecule has 4 aromatic rings. The summed E-state index contributed by atoms with van der Waals surface area (Å²) in [7, 11) is 0. The number of carbonyl (C=O) groups is 1. The molecule has 1 saturated heterocycles. The number of piperidine rings is 1. The lowest BCUT2D eigenvalue weighted by atomic mass is 9.93. The normalized spacial score (nSPS) is 17.8. The SMILES string of the molecule is CCOC(=O)C1=C(c2ccccc2)N=c2s/c(=C/c3cc([N+](=O)[O-])ccc3N3CCC(C)CC3)c(=O)n2[C@H]1c1ccc2c(c1)OCO2. The Hall–Kier alpha value is -5.23. The average molecular weight is 653 g/mol. The summed E-state index contributed by atoms with van der Waals surface area (Å²) in [5, 5.41) is 11.8. The van der Waals surface area contributed by atoms with Crippen molar-refractivity contribution in [3.63, 3.8) is 0 Å². The fourth-order valence-corrected chi connectivity index (χ4v) is 7.28. The molecule has 0 radical (unpaired) electrons. The van der Waals surface area contributed by atoms with Gasteiger partial charge in [0, 0.05) is 42.0 Å². The molecular formula is C35H32N4O7S. The van der Waals surface area contributed by atoms with Crippen LogP contribution in [0, 0.1) is 16.0 Å². The van der Waals surface area contributed by atoms with Crippen molar-refractivity contribution in [3.8, 4) is 11.5 Å². The Bertz CT molecular complexity index is 2100. The summed E-state index contributed by atoms with van der Waals surface area (Å²) >= 11 is 1.17. The first-order chi connectivity index (χ1) is 22.8. The molecule has 240 valence electrons. The number of non-ortho nitro benzene ring substituents is 1. The zero-order valence-electron chi connectivity index (χ0n) is 25.9. The minimum Gasteiger partial charge on any atom is -0.463 e. The number of thiazole rings is 1. The molecule has 3 aromatic carbocycles. The minimum absolute atomic E-state index is 0.0626. The van der Waals surface area contributed by atoms with Gasteiger partial charge in [-0.2, -0.15) is 0 Å². The van der Waals surface area contributed by atoms with E-state index in [1.54, 1.807) is 37.3 Å². The standard InChI is InChI=1S/C35H32N4O7S/c1-3-44-34(41)30-31(22-7-5-4-6-8-22)36-35-38(32(30)23-9-12-27-28(18-23)46-20-45-27)33(40)29(47-35)19-24-17-25(39(42)43)10-11-26(24)37-15-13-21(2)14-16-37/h4-12,17-19,21,32H,3,13-16,20H2,1-2H3/b29-19+/t32-/m0/s1. The molecule has 4 heterocycles. The molecule has 3 aliphatic rings. The Balaban J connectivity index is 1.47. The molecule has 7 rings (SSSR count). The first-order valence-corrected chi connectivity index (χ1v) is 16.4. The van der Waals surface area contributed by atoms with Crippen molar-refractivity contribution in [2.24, 2.45) is 10.9 Å². The molecule has 0 unspecified atom stereocenters. The van der Waals surface area contributed by atoms with E-state index in [-0.39, 0.29) is 30.2 Å². The average Bonchev–Trinajstić information content (AvgIpc) is 3.68. The summed E-state index contributed by atoms with van der Waals surface area (Å²) in [4.78, 5) is 47.1. The molecule has 0 bridgehead atoms. The van der Waals surface area contributed by atoms with Gasteiger partial charge in [-0.15, -0.1) is 0 Å². The van der Waals surface area contributed by atoms with Crippen LogP contribution in [0.25, 0.3) is 11.8 Å². The van der Waals surface area contributed by atoms with E-state index in [1.165, 1.54) is 28.0 Å². The number of nitro benzene ring substituents is 1. The first kappa shape index (κ1) is 30.4. The number of aromatic nitrogens is 1. The quantitative estimate of drug-likeness (QED) is 0.158. The van der Waals surface area contributed by atoms with Gasteiger partial charge in [-0.3, -0.25) is 19.5 Å². The fraction of sp³-hybridized carbons (Fsp3) is 0.286. The molecular weight excluding hydrogens is 620 g/mol. The molecule has 12 heteroatoms. The van der Waals surface area contributed by atoms with Crippen LogP contribution in [0.2, 0.25) is 0 Å². The Labute approximate surface area is 273 Å². The number of carbonyl (C=O) groups excluding carboxylic acids is 1. The lowest BCUT2D eigenvalue weighted by molar-refractivity contribution is -0.384. The highest BCUT2D eigenvalue weighted by Gasteiger charge is 2.36. The third kappa shape index (κ3) is 5.69. The van der Waals surface area contributed by atoms with Crippen molar-refractivity contribution < 1.29 is 23.9 Å². The number of fused-ring (bicyclic) bond motifs is 2. The number of ether oxygens (including phenoxy) is 3. The second-order valence-corrected chi connectivity index (χ2v) is 12.7. The van der Waals surface area contributed by atoms with Crippen LogP contribution in [0.1, 0.15) is 49.4 Å². The topological polar surface area (TPSA) is 126 Å². The zero-order valence-corrected chi connectivity index (χ0v) is 26.7. The van der Waals surface area contributed by atoms with Gasteiger partial charge in [0.05, 0.1) is 33.4 Å². The number of nitro groups is 1. The third-order valence-corrected chi connectivity index (χ3v) is 9.70. The van der Waals surface area contributed by atoms with Gasteiger partial charge >= 0.3 is 5.97 Å². The summed E-state index contributed by atoms with van der Waals surface area (Å²) in [6, 6.07) is 18.5. The van der Waals surface area contributed by atoms with Gasteiger partial charge < -0.3 is 19.1 Å². The van der Waals surface area contributed by atoms with E-state index < -0.39 is 16.9 Å². The summed E-state index contributed by atoms with van der Waals surface area (Å²) in [6.45, 7) is 5.78. The van der Waals surface area contributed by atoms with E-state index in [0.717, 1.165) is 31.6 Å². The Morgan fingerprint density at radius 1 is 1.09 bits per heavy atom. The van der Waals surface area contributed by atoms with Gasteiger partial charge in [0.15, 0.2) is 16.3 Å². The van der Waals surface area contributed by atoms with Crippen LogP contribution in [-0.4, -0.2) is 41.9 Å². The highest BCUT2D eigenvalue weighted by molar-refractivity contribution is 7.07. The van der Waals surface area contributed by atoms with Crippen LogP contribution < -0.4 is 29.3 Å². The maximum Gasteiger partial charge on any atom is 0.338 e. The van der Waals surface area contributed by atoms with Crippen LogP contribution in [0.15, 0.2) is 82.1 Å². The monoisotopic (exact) mass is 652 g/mol. The minimum atomic E-state index is -0.898. The number of benzene rings is 3. The lowest BCUT2D eigenvalue weighted by Gasteiger charge is -2.33. The molecule has 1 fully saturated rings. The van der Waals surface area contributed by atoms with Crippen LogP contribution in [0.3, 0.4) is 0 Å². The summed E-state index contributed by atoms with van der Waals surface area (Å²) in [5.41, 5.74) is 2.89. The molecule has 3 aliphatic heterocycles. The molecule has 11 nitrogen and oxygen atoms in total. The van der Waals surface area contributed by atoms with E-state index in [2.05, 4.69) is 11.8 Å². The Morgan fingerprint density at radius 3 is 2.60 bits per heavy atom. The van der Waals surface area contributed by atoms with Gasteiger partial charge in [0.25, 0.3) is 11.2 Å². The van der Waals surface area contributed by atoms with Crippen LogP contribution >= 0.6 is 11.3 Å². The largest absolute Gasteiger partial charge is 0.463 e. The second kappa shape index (κ2) is 12.5. The van der Waals surface area contributed by atoms with E-state index in [9.17, 15) is 19.7 Å². The number of esters is 1. The summed E-state index contributed by atoms with van der Waals surface area (Å²) in [6.07, 6.45) is 3.72. The molecule has 1 atom stereocenters. The smallest absolute Gasteiger partial charge is 0.338 e. The predicted octanol–water partition coefficient (Wildman–Crippen LogP) is 4.81. The van der Waals surface area contributed by atoms with Crippen LogP contribution in [0.4, 0.5) is 11.4 Å². The third-order valence-electron chi connectivity index (χ3n) is 8.72. The zero-order chi connectivity index (χ0) is 32.7. The maximum absolute atomic E-state index is 14.5. The molecule has 0 amide bonds. The molecule has 0 saturated carbocycles. The number of hydrogen-bond acceptors (Lipinski definition) is 10. The van der Waals surface area contributed by atoms with Gasteiger partial charge in [0.1, 0.15) is 0 Å². The van der Waals surface area contributed by atoms with E-state index in [0.29, 0.717) is 49.1 Å². The summed E-state index contributed by atoms with van der Waals surface area (Å²) < 4.78 is 18.6. The van der Waals surface area contributed by atoms with Crippen molar-refractivity contribution in [3.05, 3.63) is 119 Å². The second-order valence-electron chi connectivity index (χ2n) is 11.7. The first-order valence-electron chi connectivity index (χ1n) is 15.5. The van der Waals surface area contributed by atoms with Gasteiger partial charge in [-0.25, -0.2) is 9.79 Å². The van der Waals surface area contributed by atoms with Crippen LogP contribution in [-0.2, 0) is 9.53 Å². The number of hydrogen-bond donors (Lipinski definition) is 0. The summed E-state index contributed by atoms with van der Waals surface area (Å²) in [5.74, 6) is 1.08. The maximum atomic E-state index is 14.5. The number of rotatable bonds is 7. The number of anilines is 1. The van der Waals surface area contributed by atoms with Crippen molar-refractivity contribution >= 4 is 40.5 Å². The van der Waals surface area contributed by atoms with Crippen LogP contribution in [0.5, 0.6) is 11.5 Å². The van der Waals surface area contributed by atoms with E-state index in [4.69, 9.17) is 19.2 Å². The number of nitrogens with zero attached hydrogens (tertiary/aromatic N) is 4. The van der Waals surface area contributed by atoms with Crippen molar-refractivity contribution in [2.75, 3.05) is 31.4 Å². The fourth-order valence-electron chi connectivity index (χ4n) is 6.29. The van der Waals surface area contributed by atoms with Gasteiger partial charge in [-0.1, -0.05) is 54.7 Å². The molecule has 47 heavy (non-hydrogen) atoms.